The first-order chi connectivity index (χ1) is 9.97. The second-order valence-corrected chi connectivity index (χ2v) is 5.93. The molecule has 2 aliphatic rings. The number of piperazine rings is 1. The van der Waals surface area contributed by atoms with Crippen molar-refractivity contribution in [2.75, 3.05) is 31.9 Å². The Hall–Kier alpha value is -1.66. The number of carbonyl (C=O) groups is 2. The van der Waals surface area contributed by atoms with Crippen molar-refractivity contribution in [1.29, 1.82) is 0 Å². The minimum absolute atomic E-state index is 0.00510. The molecule has 1 unspecified atom stereocenters. The van der Waals surface area contributed by atoms with Gasteiger partial charge >= 0.3 is 6.03 Å². The van der Waals surface area contributed by atoms with Crippen LogP contribution in [-0.4, -0.2) is 54.0 Å². The maximum atomic E-state index is 12.6. The van der Waals surface area contributed by atoms with E-state index in [0.29, 0.717) is 37.4 Å². The zero-order valence-corrected chi connectivity index (χ0v) is 12.6. The number of nitrogen functional groups attached to an aromatic ring is 1. The zero-order chi connectivity index (χ0) is 15.1. The third-order valence-corrected chi connectivity index (χ3v) is 4.60. The van der Waals surface area contributed by atoms with Gasteiger partial charge in [-0.1, -0.05) is 23.2 Å². The van der Waals surface area contributed by atoms with Crippen LogP contribution in [0.5, 0.6) is 0 Å². The van der Waals surface area contributed by atoms with Crippen molar-refractivity contribution in [2.24, 2.45) is 0 Å². The van der Waals surface area contributed by atoms with Crippen molar-refractivity contribution in [3.63, 3.8) is 0 Å². The van der Waals surface area contributed by atoms with E-state index in [4.69, 9.17) is 28.9 Å². The van der Waals surface area contributed by atoms with Gasteiger partial charge in [-0.2, -0.15) is 0 Å². The molecule has 8 heteroatoms. The van der Waals surface area contributed by atoms with Crippen molar-refractivity contribution >= 4 is 40.8 Å². The molecule has 0 aromatic heterocycles. The third kappa shape index (κ3) is 2.49. The number of rotatable bonds is 1. The summed E-state index contributed by atoms with van der Waals surface area (Å²) >= 11 is 12.1. The van der Waals surface area contributed by atoms with Crippen molar-refractivity contribution in [2.45, 2.75) is 6.04 Å². The number of hydrogen-bond donors (Lipinski definition) is 2. The standard InChI is InChI=1S/C13H14Cl2N4O2/c14-10-4-7(16)3-9(11(10)15)12(20)18-1-2-19-8(6-18)5-17-13(19)21/h3-4,8H,1-2,5-6,16H2,(H,17,21). The number of hydrogen-bond acceptors (Lipinski definition) is 3. The van der Waals surface area contributed by atoms with Gasteiger partial charge in [0, 0.05) is 31.9 Å². The number of urea groups is 1. The smallest absolute Gasteiger partial charge is 0.317 e. The largest absolute Gasteiger partial charge is 0.399 e. The predicted molar refractivity (Wildman–Crippen MR) is 80.7 cm³/mol. The molecule has 3 rings (SSSR count). The van der Waals surface area contributed by atoms with Crippen LogP contribution in [0.3, 0.4) is 0 Å². The molecule has 112 valence electrons. The molecule has 3 N–H and O–H groups in total. The van der Waals surface area contributed by atoms with Crippen LogP contribution in [0.2, 0.25) is 10.0 Å². The van der Waals surface area contributed by atoms with Crippen LogP contribution >= 0.6 is 23.2 Å². The minimum Gasteiger partial charge on any atom is -0.399 e. The van der Waals surface area contributed by atoms with Gasteiger partial charge in [0.15, 0.2) is 0 Å². The van der Waals surface area contributed by atoms with Gasteiger partial charge in [0.1, 0.15) is 0 Å². The summed E-state index contributed by atoms with van der Waals surface area (Å²) in [6.45, 7) is 2.00. The normalized spacial score (nSPS) is 21.2. The average Bonchev–Trinajstić information content (AvgIpc) is 2.83. The van der Waals surface area contributed by atoms with E-state index in [-0.39, 0.29) is 28.0 Å². The summed E-state index contributed by atoms with van der Waals surface area (Å²) in [6, 6.07) is 2.97. The zero-order valence-electron chi connectivity index (χ0n) is 11.1. The average molecular weight is 329 g/mol. The molecule has 2 aliphatic heterocycles. The highest BCUT2D eigenvalue weighted by molar-refractivity contribution is 6.44. The van der Waals surface area contributed by atoms with Gasteiger partial charge < -0.3 is 20.9 Å². The molecule has 0 saturated carbocycles. The molecule has 2 saturated heterocycles. The summed E-state index contributed by atoms with van der Waals surface area (Å²) in [6.07, 6.45) is 0. The lowest BCUT2D eigenvalue weighted by atomic mass is 10.1. The summed E-state index contributed by atoms with van der Waals surface area (Å²) in [5.41, 5.74) is 6.41. The maximum Gasteiger partial charge on any atom is 0.317 e. The molecular weight excluding hydrogens is 315 g/mol. The van der Waals surface area contributed by atoms with E-state index in [0.717, 1.165) is 0 Å². The molecule has 3 amide bonds. The SMILES string of the molecule is Nc1cc(Cl)c(Cl)c(C(=O)N2CCN3C(=O)NCC3C2)c1. The molecule has 2 heterocycles. The number of fused-ring (bicyclic) bond motifs is 1. The number of anilines is 1. The van der Waals surface area contributed by atoms with E-state index in [1.165, 1.54) is 12.1 Å². The molecular formula is C13H14Cl2N4O2. The number of nitrogens with two attached hydrogens (primary N) is 1. The second kappa shape index (κ2) is 5.27. The van der Waals surface area contributed by atoms with Gasteiger partial charge in [-0.3, -0.25) is 4.79 Å². The van der Waals surface area contributed by atoms with Crippen molar-refractivity contribution in [3.05, 3.63) is 27.7 Å². The van der Waals surface area contributed by atoms with Crippen molar-refractivity contribution in [3.8, 4) is 0 Å². The van der Waals surface area contributed by atoms with Gasteiger partial charge in [-0.05, 0) is 12.1 Å². The predicted octanol–water partition coefficient (Wildman–Crippen LogP) is 1.43. The van der Waals surface area contributed by atoms with Crippen LogP contribution in [-0.2, 0) is 0 Å². The number of carbonyl (C=O) groups excluding carboxylic acids is 2. The van der Waals surface area contributed by atoms with Gasteiger partial charge in [0.2, 0.25) is 0 Å². The first-order valence-electron chi connectivity index (χ1n) is 6.55. The number of amides is 3. The summed E-state index contributed by atoms with van der Waals surface area (Å²) < 4.78 is 0. The van der Waals surface area contributed by atoms with E-state index in [2.05, 4.69) is 5.32 Å². The Morgan fingerprint density at radius 2 is 2.10 bits per heavy atom. The van der Waals surface area contributed by atoms with E-state index < -0.39 is 0 Å². The highest BCUT2D eigenvalue weighted by atomic mass is 35.5. The second-order valence-electron chi connectivity index (χ2n) is 5.15. The Balaban J connectivity index is 1.82. The van der Waals surface area contributed by atoms with Gasteiger partial charge in [0.25, 0.3) is 5.91 Å². The number of halogens is 2. The van der Waals surface area contributed by atoms with Gasteiger partial charge in [-0.15, -0.1) is 0 Å². The van der Waals surface area contributed by atoms with Gasteiger partial charge in [-0.25, -0.2) is 4.79 Å². The van der Waals surface area contributed by atoms with E-state index in [9.17, 15) is 9.59 Å². The number of nitrogens with zero attached hydrogens (tertiary/aromatic N) is 2. The van der Waals surface area contributed by atoms with Crippen LogP contribution in [0.1, 0.15) is 10.4 Å². The summed E-state index contributed by atoms with van der Waals surface area (Å²) in [4.78, 5) is 27.6. The number of benzene rings is 1. The summed E-state index contributed by atoms with van der Waals surface area (Å²) in [5.74, 6) is -0.215. The highest BCUT2D eigenvalue weighted by Crippen LogP contribution is 2.30. The Morgan fingerprint density at radius 3 is 2.86 bits per heavy atom. The highest BCUT2D eigenvalue weighted by Gasteiger charge is 2.37. The van der Waals surface area contributed by atoms with Crippen LogP contribution in [0.4, 0.5) is 10.5 Å². The summed E-state index contributed by atoms with van der Waals surface area (Å²) in [7, 11) is 0. The monoisotopic (exact) mass is 328 g/mol. The Labute approximate surface area is 131 Å². The molecule has 0 spiro atoms. The quantitative estimate of drug-likeness (QED) is 0.765. The third-order valence-electron chi connectivity index (χ3n) is 3.80. The lowest BCUT2D eigenvalue weighted by Crippen LogP contribution is -2.53. The van der Waals surface area contributed by atoms with Crippen molar-refractivity contribution < 1.29 is 9.59 Å². The molecule has 1 aromatic rings. The molecule has 0 radical (unpaired) electrons. The lowest BCUT2D eigenvalue weighted by Gasteiger charge is -2.36. The Bertz CT molecular complexity index is 622. The fourth-order valence-electron chi connectivity index (χ4n) is 2.72. The fraction of sp³-hybridized carbons (Fsp3) is 0.385. The lowest BCUT2D eigenvalue weighted by molar-refractivity contribution is 0.0617. The maximum absolute atomic E-state index is 12.6. The first kappa shape index (κ1) is 14.3. The van der Waals surface area contributed by atoms with Crippen LogP contribution in [0.25, 0.3) is 0 Å². The van der Waals surface area contributed by atoms with Crippen LogP contribution in [0, 0.1) is 0 Å². The first-order valence-corrected chi connectivity index (χ1v) is 7.31. The molecule has 1 atom stereocenters. The van der Waals surface area contributed by atoms with E-state index in [1.807, 2.05) is 0 Å². The molecule has 0 bridgehead atoms. The topological polar surface area (TPSA) is 78.7 Å². The van der Waals surface area contributed by atoms with E-state index >= 15 is 0 Å². The van der Waals surface area contributed by atoms with E-state index in [1.54, 1.807) is 9.80 Å². The number of nitrogens with one attached hydrogen (secondary N) is 1. The minimum atomic E-state index is -0.215. The Morgan fingerprint density at radius 1 is 1.33 bits per heavy atom. The molecule has 6 nitrogen and oxygen atoms in total. The van der Waals surface area contributed by atoms with Crippen LogP contribution < -0.4 is 11.1 Å². The molecule has 0 aliphatic carbocycles. The molecule has 21 heavy (non-hydrogen) atoms. The fourth-order valence-corrected chi connectivity index (χ4v) is 3.14. The molecule has 2 fully saturated rings. The Kier molecular flexibility index (Phi) is 3.59. The molecule has 1 aromatic carbocycles. The van der Waals surface area contributed by atoms with Crippen molar-refractivity contribution in [1.82, 2.24) is 15.1 Å². The van der Waals surface area contributed by atoms with Crippen LogP contribution in [0.15, 0.2) is 12.1 Å². The summed E-state index contributed by atoms with van der Waals surface area (Å²) in [5, 5.41) is 3.24. The van der Waals surface area contributed by atoms with Gasteiger partial charge in [0.05, 0.1) is 21.7 Å².